The zero-order chi connectivity index (χ0) is 16.8. The minimum Gasteiger partial charge on any atom is -0.478 e. The molecule has 23 heavy (non-hydrogen) atoms. The number of hydrogen-bond acceptors (Lipinski definition) is 3. The quantitative estimate of drug-likeness (QED) is 0.858. The van der Waals surface area contributed by atoms with E-state index in [1.807, 2.05) is 0 Å². The highest BCUT2D eigenvalue weighted by Gasteiger charge is 2.15. The monoisotopic (exact) mass is 321 g/mol. The average molecular weight is 321 g/mol. The van der Waals surface area contributed by atoms with Crippen molar-refractivity contribution in [1.29, 1.82) is 0 Å². The van der Waals surface area contributed by atoms with E-state index in [9.17, 15) is 18.4 Å². The molecule has 5 nitrogen and oxygen atoms in total. The van der Waals surface area contributed by atoms with Crippen LogP contribution >= 0.6 is 0 Å². The third-order valence-electron chi connectivity index (χ3n) is 3.00. The summed E-state index contributed by atoms with van der Waals surface area (Å²) in [6.45, 7) is -2.89. The molecule has 0 saturated carbocycles. The van der Waals surface area contributed by atoms with Crippen molar-refractivity contribution in [2.45, 2.75) is 13.2 Å². The van der Waals surface area contributed by atoms with Gasteiger partial charge >= 0.3 is 12.6 Å². The van der Waals surface area contributed by atoms with E-state index in [4.69, 9.17) is 5.11 Å². The highest BCUT2D eigenvalue weighted by molar-refractivity contribution is 5.96. The second-order valence-corrected chi connectivity index (χ2v) is 4.56. The first-order chi connectivity index (χ1) is 11.0. The summed E-state index contributed by atoms with van der Waals surface area (Å²) >= 11 is 0. The Bertz CT molecular complexity index is 701. The van der Waals surface area contributed by atoms with E-state index >= 15 is 0 Å². The summed E-state index contributed by atoms with van der Waals surface area (Å²) in [6.07, 6.45) is 0. The van der Waals surface area contributed by atoms with Crippen LogP contribution in [0.2, 0.25) is 0 Å². The number of amides is 1. The van der Waals surface area contributed by atoms with Crippen molar-refractivity contribution < 1.29 is 28.2 Å². The van der Waals surface area contributed by atoms with Gasteiger partial charge in [-0.2, -0.15) is 8.78 Å². The fourth-order valence-corrected chi connectivity index (χ4v) is 1.90. The van der Waals surface area contributed by atoms with Gasteiger partial charge in [0.15, 0.2) is 0 Å². The Labute approximate surface area is 130 Å². The normalized spacial score (nSPS) is 10.4. The molecule has 0 unspecified atom stereocenters. The predicted octanol–water partition coefficient (Wildman–Crippen LogP) is 2.92. The first-order valence-electron chi connectivity index (χ1n) is 6.61. The summed E-state index contributed by atoms with van der Waals surface area (Å²) in [6, 6.07) is 11.6. The maximum atomic E-state index is 12.3. The number of carboxylic acid groups (broad SMARTS) is 1. The lowest BCUT2D eigenvalue weighted by molar-refractivity contribution is -0.0501. The molecule has 2 aromatic carbocycles. The number of alkyl halides is 2. The first kappa shape index (κ1) is 16.4. The number of rotatable bonds is 6. The molecule has 0 aromatic heterocycles. The van der Waals surface area contributed by atoms with Crippen LogP contribution in [0.25, 0.3) is 0 Å². The minimum absolute atomic E-state index is 0.00467. The summed E-state index contributed by atoms with van der Waals surface area (Å²) in [5, 5.41) is 11.4. The van der Waals surface area contributed by atoms with Crippen LogP contribution < -0.4 is 10.1 Å². The topological polar surface area (TPSA) is 75.6 Å². The lowest BCUT2D eigenvalue weighted by atomic mass is 10.1. The van der Waals surface area contributed by atoms with E-state index in [2.05, 4.69) is 10.1 Å². The molecule has 2 aromatic rings. The van der Waals surface area contributed by atoms with Crippen molar-refractivity contribution in [3.63, 3.8) is 0 Å². The molecule has 0 saturated heterocycles. The number of hydrogen-bond donors (Lipinski definition) is 2. The molecule has 0 heterocycles. The van der Waals surface area contributed by atoms with Crippen LogP contribution in [0.4, 0.5) is 8.78 Å². The molecule has 0 bridgehead atoms. The maximum absolute atomic E-state index is 12.3. The standard InChI is InChI=1S/C16H13F2NO4/c17-16(18)23-13-4-2-1-3-12(13)14(20)19-9-10-5-7-11(8-6-10)15(21)22/h1-8,16H,9H2,(H,19,20)(H,21,22). The maximum Gasteiger partial charge on any atom is 0.387 e. The van der Waals surface area contributed by atoms with Gasteiger partial charge in [0.2, 0.25) is 0 Å². The van der Waals surface area contributed by atoms with Gasteiger partial charge in [-0.05, 0) is 29.8 Å². The smallest absolute Gasteiger partial charge is 0.387 e. The second kappa shape index (κ2) is 7.35. The number of carboxylic acids is 1. The van der Waals surface area contributed by atoms with Crippen molar-refractivity contribution in [3.05, 3.63) is 65.2 Å². The van der Waals surface area contributed by atoms with Gasteiger partial charge in [-0.1, -0.05) is 24.3 Å². The molecule has 0 aliphatic carbocycles. The molecule has 0 aliphatic heterocycles. The molecule has 1 amide bonds. The number of halogens is 2. The number of para-hydroxylation sites is 1. The van der Waals surface area contributed by atoms with Crippen molar-refractivity contribution in [3.8, 4) is 5.75 Å². The van der Waals surface area contributed by atoms with Gasteiger partial charge in [0.1, 0.15) is 5.75 Å². The highest BCUT2D eigenvalue weighted by Crippen LogP contribution is 2.20. The van der Waals surface area contributed by atoms with E-state index in [0.717, 1.165) is 0 Å². The number of benzene rings is 2. The Hall–Kier alpha value is -2.96. The predicted molar refractivity (Wildman–Crippen MR) is 77.6 cm³/mol. The lowest BCUT2D eigenvalue weighted by Gasteiger charge is -2.11. The van der Waals surface area contributed by atoms with E-state index in [1.54, 1.807) is 12.1 Å². The fourth-order valence-electron chi connectivity index (χ4n) is 1.90. The third kappa shape index (κ3) is 4.50. The number of aromatic carboxylic acids is 1. The summed E-state index contributed by atoms with van der Waals surface area (Å²) in [5.74, 6) is -1.82. The van der Waals surface area contributed by atoms with Crippen LogP contribution in [0.1, 0.15) is 26.3 Å². The molecule has 0 atom stereocenters. The van der Waals surface area contributed by atoms with Crippen LogP contribution in [-0.2, 0) is 6.54 Å². The molecule has 0 spiro atoms. The zero-order valence-electron chi connectivity index (χ0n) is 11.8. The van der Waals surface area contributed by atoms with Crippen LogP contribution in [0, 0.1) is 0 Å². The molecule has 0 radical (unpaired) electrons. The zero-order valence-corrected chi connectivity index (χ0v) is 11.8. The van der Waals surface area contributed by atoms with Gasteiger partial charge in [-0.25, -0.2) is 4.79 Å². The van der Waals surface area contributed by atoms with Crippen LogP contribution in [0.5, 0.6) is 5.75 Å². The molecule has 0 fully saturated rings. The van der Waals surface area contributed by atoms with Gasteiger partial charge in [0.25, 0.3) is 5.91 Å². The minimum atomic E-state index is -3.02. The SMILES string of the molecule is O=C(O)c1ccc(CNC(=O)c2ccccc2OC(F)F)cc1. The Morgan fingerprint density at radius 2 is 1.74 bits per heavy atom. The first-order valence-corrected chi connectivity index (χ1v) is 6.61. The summed E-state index contributed by atoms with van der Waals surface area (Å²) in [4.78, 5) is 22.8. The largest absolute Gasteiger partial charge is 0.478 e. The van der Waals surface area contributed by atoms with E-state index in [1.165, 1.54) is 36.4 Å². The van der Waals surface area contributed by atoms with Crippen LogP contribution in [-0.4, -0.2) is 23.6 Å². The summed E-state index contributed by atoms with van der Waals surface area (Å²) in [7, 11) is 0. The van der Waals surface area contributed by atoms with E-state index in [0.29, 0.717) is 5.56 Å². The van der Waals surface area contributed by atoms with Gasteiger partial charge in [0.05, 0.1) is 11.1 Å². The summed E-state index contributed by atoms with van der Waals surface area (Å²) < 4.78 is 28.9. The number of carbonyl (C=O) groups is 2. The molecule has 2 rings (SSSR count). The molecule has 0 aliphatic rings. The van der Waals surface area contributed by atoms with Gasteiger partial charge in [0, 0.05) is 6.54 Å². The number of ether oxygens (including phenoxy) is 1. The van der Waals surface area contributed by atoms with Gasteiger partial charge in [-0.15, -0.1) is 0 Å². The number of carbonyl (C=O) groups excluding carboxylic acids is 1. The fraction of sp³-hybridized carbons (Fsp3) is 0.125. The molecule has 120 valence electrons. The molecule has 7 heteroatoms. The van der Waals surface area contributed by atoms with Gasteiger partial charge < -0.3 is 15.2 Å². The molecular formula is C16H13F2NO4. The van der Waals surface area contributed by atoms with Gasteiger partial charge in [-0.3, -0.25) is 4.79 Å². The van der Waals surface area contributed by atoms with E-state index in [-0.39, 0.29) is 23.4 Å². The lowest BCUT2D eigenvalue weighted by Crippen LogP contribution is -2.23. The average Bonchev–Trinajstić information content (AvgIpc) is 2.53. The second-order valence-electron chi connectivity index (χ2n) is 4.56. The van der Waals surface area contributed by atoms with Crippen molar-refractivity contribution in [1.82, 2.24) is 5.32 Å². The number of nitrogens with one attached hydrogen (secondary N) is 1. The Balaban J connectivity index is 2.03. The Morgan fingerprint density at radius 3 is 2.35 bits per heavy atom. The Kier molecular flexibility index (Phi) is 5.24. The third-order valence-corrected chi connectivity index (χ3v) is 3.00. The van der Waals surface area contributed by atoms with Crippen molar-refractivity contribution in [2.24, 2.45) is 0 Å². The van der Waals surface area contributed by atoms with Crippen LogP contribution in [0.15, 0.2) is 48.5 Å². The van der Waals surface area contributed by atoms with Crippen LogP contribution in [0.3, 0.4) is 0 Å². The Morgan fingerprint density at radius 1 is 1.09 bits per heavy atom. The molecule has 2 N–H and O–H groups in total. The summed E-state index contributed by atoms with van der Waals surface area (Å²) in [5.41, 5.74) is 0.807. The highest BCUT2D eigenvalue weighted by atomic mass is 19.3. The van der Waals surface area contributed by atoms with Crippen molar-refractivity contribution in [2.75, 3.05) is 0 Å². The molecular weight excluding hydrogens is 308 g/mol. The van der Waals surface area contributed by atoms with Crippen molar-refractivity contribution >= 4 is 11.9 Å². The van der Waals surface area contributed by atoms with E-state index < -0.39 is 18.5 Å².